The maximum absolute atomic E-state index is 13.1. The molecule has 0 aliphatic heterocycles. The molecule has 0 radical (unpaired) electrons. The van der Waals surface area contributed by atoms with Crippen LogP contribution in [0.25, 0.3) is 22.0 Å². The Bertz CT molecular complexity index is 921. The van der Waals surface area contributed by atoms with Crippen LogP contribution >= 0.6 is 0 Å². The molecule has 3 aromatic rings. The lowest BCUT2D eigenvalue weighted by Crippen LogP contribution is -2.41. The molecule has 3 rings (SSSR count). The summed E-state index contributed by atoms with van der Waals surface area (Å²) in [6.45, 7) is 1.74. The number of amides is 1. The number of nitrogens with one attached hydrogen (secondary N) is 2. The minimum atomic E-state index is -0.712. The van der Waals surface area contributed by atoms with Gasteiger partial charge in [0.1, 0.15) is 11.5 Å². The van der Waals surface area contributed by atoms with Crippen LogP contribution < -0.4 is 5.32 Å². The van der Waals surface area contributed by atoms with E-state index in [1.165, 1.54) is 12.1 Å². The summed E-state index contributed by atoms with van der Waals surface area (Å²) in [6.07, 6.45) is 0.196. The van der Waals surface area contributed by atoms with Gasteiger partial charge in [0.05, 0.1) is 12.1 Å². The first-order chi connectivity index (χ1) is 13.0. The molecular weight excluding hydrogens is 347 g/mol. The van der Waals surface area contributed by atoms with E-state index < -0.39 is 12.1 Å². The molecule has 0 saturated carbocycles. The molecule has 5 nitrogen and oxygen atoms in total. The molecule has 4 N–H and O–H groups in total. The van der Waals surface area contributed by atoms with E-state index in [0.29, 0.717) is 18.5 Å². The summed E-state index contributed by atoms with van der Waals surface area (Å²) in [6, 6.07) is 13.3. The first-order valence-corrected chi connectivity index (χ1v) is 8.96. The van der Waals surface area contributed by atoms with Gasteiger partial charge in [-0.1, -0.05) is 24.3 Å². The van der Waals surface area contributed by atoms with Crippen molar-refractivity contribution in [2.75, 3.05) is 6.61 Å². The fourth-order valence-electron chi connectivity index (χ4n) is 3.00. The molecule has 0 aliphatic carbocycles. The number of carbonyl (C=O) groups excluding carboxylic acids is 1. The zero-order valence-electron chi connectivity index (χ0n) is 15.1. The monoisotopic (exact) mass is 370 g/mol. The van der Waals surface area contributed by atoms with Gasteiger partial charge in [0.2, 0.25) is 0 Å². The van der Waals surface area contributed by atoms with Crippen LogP contribution in [0.1, 0.15) is 30.3 Å². The molecule has 1 heterocycles. The van der Waals surface area contributed by atoms with E-state index in [9.17, 15) is 14.3 Å². The molecule has 1 amide bonds. The number of aromatic nitrogens is 1. The molecule has 0 spiro atoms. The molecule has 2 aromatic carbocycles. The zero-order chi connectivity index (χ0) is 19.4. The number of benzene rings is 2. The van der Waals surface area contributed by atoms with Crippen LogP contribution in [0, 0.1) is 5.82 Å². The standard InChI is InChI=1S/C21H23FN2O3/c1-13(20(26)3-2-10-25)23-21(27)19-12-16-5-4-15(11-18(16)24-19)14-6-8-17(22)9-7-14/h4-9,11-13,20,24-26H,2-3,10H2,1H3,(H,23,27). The molecule has 0 bridgehead atoms. The molecule has 0 fully saturated rings. The first kappa shape index (κ1) is 19.1. The van der Waals surface area contributed by atoms with Gasteiger partial charge in [-0.2, -0.15) is 0 Å². The summed E-state index contributed by atoms with van der Waals surface area (Å²) < 4.78 is 13.1. The lowest BCUT2D eigenvalue weighted by atomic mass is 10.0. The van der Waals surface area contributed by atoms with Crippen LogP contribution in [0.15, 0.2) is 48.5 Å². The Morgan fingerprint density at radius 2 is 1.85 bits per heavy atom. The van der Waals surface area contributed by atoms with Gasteiger partial charge in [0.25, 0.3) is 5.91 Å². The molecule has 2 unspecified atom stereocenters. The van der Waals surface area contributed by atoms with E-state index in [1.54, 1.807) is 25.1 Å². The van der Waals surface area contributed by atoms with Gasteiger partial charge < -0.3 is 20.5 Å². The number of aliphatic hydroxyl groups is 2. The van der Waals surface area contributed by atoms with Crippen LogP contribution in [-0.2, 0) is 0 Å². The molecule has 1 aromatic heterocycles. The average Bonchev–Trinajstić information content (AvgIpc) is 3.10. The Labute approximate surface area is 156 Å². The summed E-state index contributed by atoms with van der Waals surface area (Å²) in [5.41, 5.74) is 3.02. The van der Waals surface area contributed by atoms with Gasteiger partial charge in [0, 0.05) is 17.5 Å². The molecule has 6 heteroatoms. The number of fused-ring (bicyclic) bond motifs is 1. The fourth-order valence-corrected chi connectivity index (χ4v) is 3.00. The molecular formula is C21H23FN2O3. The quantitative estimate of drug-likeness (QED) is 0.515. The van der Waals surface area contributed by atoms with Gasteiger partial charge in [-0.25, -0.2) is 4.39 Å². The van der Waals surface area contributed by atoms with E-state index in [0.717, 1.165) is 22.0 Å². The Kier molecular flexibility index (Phi) is 5.88. The summed E-state index contributed by atoms with van der Waals surface area (Å²) in [7, 11) is 0. The number of aromatic amines is 1. The van der Waals surface area contributed by atoms with Crippen LogP contribution in [0.2, 0.25) is 0 Å². The van der Waals surface area contributed by atoms with Crippen molar-refractivity contribution in [1.29, 1.82) is 0 Å². The smallest absolute Gasteiger partial charge is 0.268 e. The average molecular weight is 370 g/mol. The number of hydrogen-bond acceptors (Lipinski definition) is 3. The third-order valence-corrected chi connectivity index (χ3v) is 4.64. The third kappa shape index (κ3) is 4.53. The number of H-pyrrole nitrogens is 1. The van der Waals surface area contributed by atoms with Crippen LogP contribution in [0.3, 0.4) is 0 Å². The number of halogens is 1. The van der Waals surface area contributed by atoms with Crippen molar-refractivity contribution in [1.82, 2.24) is 10.3 Å². The Morgan fingerprint density at radius 1 is 1.15 bits per heavy atom. The van der Waals surface area contributed by atoms with E-state index in [-0.39, 0.29) is 18.3 Å². The minimum absolute atomic E-state index is 0.0101. The van der Waals surface area contributed by atoms with Crippen LogP contribution in [0.5, 0.6) is 0 Å². The van der Waals surface area contributed by atoms with Crippen LogP contribution in [-0.4, -0.2) is 39.9 Å². The van der Waals surface area contributed by atoms with E-state index in [1.807, 2.05) is 18.2 Å². The van der Waals surface area contributed by atoms with E-state index in [2.05, 4.69) is 10.3 Å². The second kappa shape index (κ2) is 8.33. The van der Waals surface area contributed by atoms with Crippen molar-refractivity contribution >= 4 is 16.8 Å². The summed E-state index contributed by atoms with van der Waals surface area (Å²) in [5, 5.41) is 22.5. The van der Waals surface area contributed by atoms with Gasteiger partial charge in [-0.05, 0) is 55.2 Å². The number of rotatable bonds is 7. The van der Waals surface area contributed by atoms with Crippen molar-refractivity contribution in [2.24, 2.45) is 0 Å². The third-order valence-electron chi connectivity index (χ3n) is 4.64. The maximum Gasteiger partial charge on any atom is 0.268 e. The van der Waals surface area contributed by atoms with Crippen molar-refractivity contribution in [3.63, 3.8) is 0 Å². The highest BCUT2D eigenvalue weighted by Crippen LogP contribution is 2.25. The van der Waals surface area contributed by atoms with Gasteiger partial charge in [0.15, 0.2) is 0 Å². The Hall–Kier alpha value is -2.70. The minimum Gasteiger partial charge on any atom is -0.396 e. The van der Waals surface area contributed by atoms with Crippen molar-refractivity contribution in [2.45, 2.75) is 31.9 Å². The second-order valence-corrected chi connectivity index (χ2v) is 6.69. The van der Waals surface area contributed by atoms with Crippen LogP contribution in [0.4, 0.5) is 4.39 Å². The topological polar surface area (TPSA) is 85.4 Å². The van der Waals surface area contributed by atoms with Gasteiger partial charge >= 0.3 is 0 Å². The molecule has 0 aliphatic rings. The highest BCUT2D eigenvalue weighted by Gasteiger charge is 2.18. The number of aliphatic hydroxyl groups excluding tert-OH is 2. The first-order valence-electron chi connectivity index (χ1n) is 8.96. The summed E-state index contributed by atoms with van der Waals surface area (Å²) in [5.74, 6) is -0.584. The SMILES string of the molecule is CC(NC(=O)c1cc2ccc(-c3ccc(F)cc3)cc2[nH]1)C(O)CCCO. The maximum atomic E-state index is 13.1. The van der Waals surface area contributed by atoms with Crippen molar-refractivity contribution in [3.8, 4) is 11.1 Å². The van der Waals surface area contributed by atoms with E-state index >= 15 is 0 Å². The zero-order valence-corrected chi connectivity index (χ0v) is 15.1. The Balaban J connectivity index is 1.76. The predicted octanol–water partition coefficient (Wildman–Crippen LogP) is 3.23. The lowest BCUT2D eigenvalue weighted by molar-refractivity contribution is 0.0816. The lowest BCUT2D eigenvalue weighted by Gasteiger charge is -2.19. The van der Waals surface area contributed by atoms with E-state index in [4.69, 9.17) is 5.11 Å². The molecule has 2 atom stereocenters. The number of hydrogen-bond donors (Lipinski definition) is 4. The number of carbonyl (C=O) groups is 1. The summed E-state index contributed by atoms with van der Waals surface area (Å²) in [4.78, 5) is 15.5. The Morgan fingerprint density at radius 3 is 2.56 bits per heavy atom. The second-order valence-electron chi connectivity index (χ2n) is 6.69. The van der Waals surface area contributed by atoms with Crippen molar-refractivity contribution in [3.05, 3.63) is 60.0 Å². The largest absolute Gasteiger partial charge is 0.396 e. The normalized spacial score (nSPS) is 13.5. The molecule has 142 valence electrons. The summed E-state index contributed by atoms with van der Waals surface area (Å²) >= 11 is 0. The predicted molar refractivity (Wildman–Crippen MR) is 103 cm³/mol. The molecule has 0 saturated heterocycles. The van der Waals surface area contributed by atoms with Gasteiger partial charge in [-0.3, -0.25) is 4.79 Å². The highest BCUT2D eigenvalue weighted by atomic mass is 19.1. The highest BCUT2D eigenvalue weighted by molar-refractivity contribution is 5.99. The van der Waals surface area contributed by atoms with Crippen molar-refractivity contribution < 1.29 is 19.4 Å². The van der Waals surface area contributed by atoms with Gasteiger partial charge in [-0.15, -0.1) is 0 Å². The fraction of sp³-hybridized carbons (Fsp3) is 0.286. The molecule has 27 heavy (non-hydrogen) atoms.